The first kappa shape index (κ1) is 34.3. The van der Waals surface area contributed by atoms with Gasteiger partial charge in [0.25, 0.3) is 0 Å². The molecule has 1 N–H and O–H groups in total. The molecule has 54 heavy (non-hydrogen) atoms. The van der Waals surface area contributed by atoms with Gasteiger partial charge in [-0.2, -0.15) is 0 Å². The SMILES string of the molecule is Cc1cccc(N(c2ccccc2)c2ccc(N(c3ccc(Nc4ccccc4)cc3)c3ccc(N(c4cccc(C)c4)C4C=CC=CC4)cc3)cc2)c1. The van der Waals surface area contributed by atoms with E-state index < -0.39 is 0 Å². The molecule has 0 saturated carbocycles. The Hall–Kier alpha value is -6.78. The molecule has 0 bridgehead atoms. The number of hydrogen-bond donors (Lipinski definition) is 1. The van der Waals surface area contributed by atoms with Gasteiger partial charge in [0.1, 0.15) is 0 Å². The number of aryl methyl sites for hydroxylation is 2. The molecule has 0 radical (unpaired) electrons. The first-order chi connectivity index (χ1) is 26.6. The van der Waals surface area contributed by atoms with Gasteiger partial charge in [-0.15, -0.1) is 0 Å². The second-order valence-electron chi connectivity index (χ2n) is 13.7. The summed E-state index contributed by atoms with van der Waals surface area (Å²) in [5.41, 5.74) is 13.5. The lowest BCUT2D eigenvalue weighted by atomic mass is 10.0. The third kappa shape index (κ3) is 7.69. The number of nitrogens with zero attached hydrogens (tertiary/aromatic N) is 3. The van der Waals surface area contributed by atoms with Crippen LogP contribution in [0.5, 0.6) is 0 Å². The fraction of sp³-hybridized carbons (Fsp3) is 0.0800. The third-order valence-corrected chi connectivity index (χ3v) is 9.78. The summed E-state index contributed by atoms with van der Waals surface area (Å²) >= 11 is 0. The molecule has 264 valence electrons. The van der Waals surface area contributed by atoms with Crippen LogP contribution in [0, 0.1) is 13.8 Å². The van der Waals surface area contributed by atoms with Gasteiger partial charge in [0.2, 0.25) is 0 Å². The zero-order valence-corrected chi connectivity index (χ0v) is 30.8. The number of hydrogen-bond acceptors (Lipinski definition) is 4. The summed E-state index contributed by atoms with van der Waals surface area (Å²) in [6.45, 7) is 4.30. The van der Waals surface area contributed by atoms with Gasteiger partial charge in [0, 0.05) is 56.9 Å². The van der Waals surface area contributed by atoms with Crippen LogP contribution in [-0.2, 0) is 0 Å². The first-order valence-corrected chi connectivity index (χ1v) is 18.6. The van der Waals surface area contributed by atoms with E-state index in [1.54, 1.807) is 0 Å². The molecule has 4 heteroatoms. The highest BCUT2D eigenvalue weighted by Gasteiger charge is 2.21. The van der Waals surface area contributed by atoms with Crippen molar-refractivity contribution in [3.63, 3.8) is 0 Å². The minimum Gasteiger partial charge on any atom is -0.356 e. The largest absolute Gasteiger partial charge is 0.356 e. The van der Waals surface area contributed by atoms with E-state index >= 15 is 0 Å². The van der Waals surface area contributed by atoms with Crippen LogP contribution in [0.25, 0.3) is 0 Å². The van der Waals surface area contributed by atoms with Gasteiger partial charge in [-0.3, -0.25) is 0 Å². The molecule has 0 saturated heterocycles. The van der Waals surface area contributed by atoms with E-state index in [0.717, 1.165) is 57.6 Å². The lowest BCUT2D eigenvalue weighted by Crippen LogP contribution is -2.29. The smallest absolute Gasteiger partial charge is 0.0559 e. The van der Waals surface area contributed by atoms with Crippen molar-refractivity contribution in [1.82, 2.24) is 0 Å². The Labute approximate surface area is 319 Å². The minimum absolute atomic E-state index is 0.233. The van der Waals surface area contributed by atoms with Crippen LogP contribution in [0.3, 0.4) is 0 Å². The Balaban J connectivity index is 1.17. The van der Waals surface area contributed by atoms with Crippen molar-refractivity contribution in [2.75, 3.05) is 20.0 Å². The zero-order valence-electron chi connectivity index (χ0n) is 30.8. The Morgan fingerprint density at radius 3 is 1.41 bits per heavy atom. The fourth-order valence-corrected chi connectivity index (χ4v) is 7.20. The average Bonchev–Trinajstić information content (AvgIpc) is 3.21. The van der Waals surface area contributed by atoms with Crippen molar-refractivity contribution in [1.29, 1.82) is 0 Å². The van der Waals surface area contributed by atoms with E-state index in [1.165, 1.54) is 16.8 Å². The van der Waals surface area contributed by atoms with Gasteiger partial charge in [-0.05, 0) is 153 Å². The summed E-state index contributed by atoms with van der Waals surface area (Å²) in [6.07, 6.45) is 9.80. The van der Waals surface area contributed by atoms with E-state index in [2.05, 4.69) is 222 Å². The summed E-state index contributed by atoms with van der Waals surface area (Å²) in [4.78, 5) is 7.10. The highest BCUT2D eigenvalue weighted by Crippen LogP contribution is 2.41. The van der Waals surface area contributed by atoms with Gasteiger partial charge in [0.05, 0.1) is 6.04 Å². The molecule has 1 aliphatic carbocycles. The summed E-state index contributed by atoms with van der Waals surface area (Å²) in [6, 6.07) is 65.1. The maximum absolute atomic E-state index is 3.54. The van der Waals surface area contributed by atoms with Crippen LogP contribution in [-0.4, -0.2) is 6.04 Å². The Kier molecular flexibility index (Phi) is 10.1. The molecule has 0 aromatic heterocycles. The summed E-state index contributed by atoms with van der Waals surface area (Å²) < 4.78 is 0. The van der Waals surface area contributed by atoms with Crippen molar-refractivity contribution < 1.29 is 0 Å². The molecule has 8 rings (SSSR count). The van der Waals surface area contributed by atoms with Crippen molar-refractivity contribution >= 4 is 56.9 Å². The molecule has 4 nitrogen and oxygen atoms in total. The number of anilines is 10. The Bertz CT molecular complexity index is 2350. The lowest BCUT2D eigenvalue weighted by Gasteiger charge is -2.33. The second kappa shape index (κ2) is 15.9. The maximum Gasteiger partial charge on any atom is 0.0559 e. The summed E-state index contributed by atoms with van der Waals surface area (Å²) in [7, 11) is 0. The van der Waals surface area contributed by atoms with E-state index in [1.807, 2.05) is 18.2 Å². The Morgan fingerprint density at radius 2 is 0.852 bits per heavy atom. The highest BCUT2D eigenvalue weighted by atomic mass is 15.2. The number of benzene rings is 7. The number of nitrogens with one attached hydrogen (secondary N) is 1. The summed E-state index contributed by atoms with van der Waals surface area (Å²) in [5.74, 6) is 0. The van der Waals surface area contributed by atoms with E-state index in [9.17, 15) is 0 Å². The summed E-state index contributed by atoms with van der Waals surface area (Å²) in [5, 5.41) is 3.54. The minimum atomic E-state index is 0.233. The first-order valence-electron chi connectivity index (χ1n) is 18.6. The molecule has 0 heterocycles. The molecule has 7 aromatic carbocycles. The normalized spacial score (nSPS) is 13.3. The quantitative estimate of drug-likeness (QED) is 0.145. The zero-order chi connectivity index (χ0) is 36.7. The van der Waals surface area contributed by atoms with E-state index in [4.69, 9.17) is 0 Å². The fourth-order valence-electron chi connectivity index (χ4n) is 7.20. The van der Waals surface area contributed by atoms with Crippen LogP contribution < -0.4 is 20.0 Å². The van der Waals surface area contributed by atoms with Gasteiger partial charge in [-0.1, -0.05) is 85.0 Å². The van der Waals surface area contributed by atoms with Crippen molar-refractivity contribution in [3.8, 4) is 0 Å². The van der Waals surface area contributed by atoms with Crippen LogP contribution in [0.2, 0.25) is 0 Å². The van der Waals surface area contributed by atoms with Crippen LogP contribution in [0.15, 0.2) is 206 Å². The highest BCUT2D eigenvalue weighted by molar-refractivity contribution is 5.82. The topological polar surface area (TPSA) is 21.8 Å². The molecule has 0 amide bonds. The van der Waals surface area contributed by atoms with Gasteiger partial charge in [0.15, 0.2) is 0 Å². The third-order valence-electron chi connectivity index (χ3n) is 9.78. The Morgan fingerprint density at radius 1 is 0.407 bits per heavy atom. The second-order valence-corrected chi connectivity index (χ2v) is 13.7. The van der Waals surface area contributed by atoms with Gasteiger partial charge in [-0.25, -0.2) is 0 Å². The number of para-hydroxylation sites is 2. The molecule has 0 aliphatic heterocycles. The predicted octanol–water partition coefficient (Wildman–Crippen LogP) is 14.0. The molecule has 0 spiro atoms. The maximum atomic E-state index is 3.54. The monoisotopic (exact) mass is 700 g/mol. The van der Waals surface area contributed by atoms with Gasteiger partial charge < -0.3 is 20.0 Å². The molecule has 1 aliphatic rings. The number of rotatable bonds is 11. The molecule has 1 atom stereocenters. The standard InChI is InChI=1S/C50H44N4/c1-38-14-12-22-49(36-38)53(42-18-8-4-9-19-42)47-32-28-45(29-33-47)52(44-26-24-41(25-27-44)51-40-16-6-3-7-17-40)46-30-34-48(35-31-46)54(43-20-10-5-11-21-43)50-23-13-15-39(2)37-50/h3-20,22-37,43,51H,21H2,1-2H3. The molecule has 0 fully saturated rings. The van der Waals surface area contributed by atoms with E-state index in [-0.39, 0.29) is 6.04 Å². The van der Waals surface area contributed by atoms with E-state index in [0.29, 0.717) is 0 Å². The van der Waals surface area contributed by atoms with Gasteiger partial charge >= 0.3 is 0 Å². The molecular weight excluding hydrogens is 657 g/mol. The number of allylic oxidation sites excluding steroid dienone is 2. The predicted molar refractivity (Wildman–Crippen MR) is 230 cm³/mol. The van der Waals surface area contributed by atoms with Crippen molar-refractivity contribution in [3.05, 3.63) is 217 Å². The average molecular weight is 701 g/mol. The molecule has 1 unspecified atom stereocenters. The van der Waals surface area contributed by atoms with Crippen LogP contribution in [0.4, 0.5) is 56.9 Å². The van der Waals surface area contributed by atoms with Crippen molar-refractivity contribution in [2.24, 2.45) is 0 Å². The van der Waals surface area contributed by atoms with Crippen molar-refractivity contribution in [2.45, 2.75) is 26.3 Å². The molecular formula is C50H44N4. The van der Waals surface area contributed by atoms with Crippen LogP contribution in [0.1, 0.15) is 17.5 Å². The lowest BCUT2D eigenvalue weighted by molar-refractivity contribution is 0.785. The molecule has 7 aromatic rings. The van der Waals surface area contributed by atoms with Crippen LogP contribution >= 0.6 is 0 Å².